The van der Waals surface area contributed by atoms with E-state index in [9.17, 15) is 4.79 Å². The molecule has 0 aliphatic carbocycles. The highest BCUT2D eigenvalue weighted by atomic mass is 79.9. The minimum Gasteiger partial charge on any atom is -0.326 e. The predicted octanol–water partition coefficient (Wildman–Crippen LogP) is 1.93. The second-order valence-corrected chi connectivity index (χ2v) is 4.36. The third-order valence-electron chi connectivity index (χ3n) is 2.29. The van der Waals surface area contributed by atoms with Crippen LogP contribution in [0.15, 0.2) is 28.7 Å². The maximum atomic E-state index is 11.5. The molecule has 1 saturated heterocycles. The van der Waals surface area contributed by atoms with E-state index in [0.29, 0.717) is 13.0 Å². The van der Waals surface area contributed by atoms with Gasteiger partial charge in [-0.3, -0.25) is 4.79 Å². The Morgan fingerprint density at radius 2 is 1.93 bits per heavy atom. The summed E-state index contributed by atoms with van der Waals surface area (Å²) in [6, 6.07) is 7.66. The number of amides is 1. The van der Waals surface area contributed by atoms with Crippen LogP contribution in [0.5, 0.6) is 0 Å². The monoisotopic (exact) mass is 290 g/mol. The molecule has 2 rings (SSSR count). The first-order valence-electron chi connectivity index (χ1n) is 4.48. The van der Waals surface area contributed by atoms with Crippen molar-refractivity contribution in [1.82, 2.24) is 0 Å². The fraction of sp³-hybridized carbons (Fsp3) is 0.300. The van der Waals surface area contributed by atoms with E-state index in [-0.39, 0.29) is 24.4 Å². The van der Waals surface area contributed by atoms with E-state index in [1.165, 1.54) is 0 Å². The Morgan fingerprint density at radius 1 is 1.33 bits per heavy atom. The van der Waals surface area contributed by atoms with Gasteiger partial charge in [0.25, 0.3) is 0 Å². The number of hydrogen-bond acceptors (Lipinski definition) is 2. The van der Waals surface area contributed by atoms with Gasteiger partial charge in [-0.05, 0) is 24.3 Å². The summed E-state index contributed by atoms with van der Waals surface area (Å²) in [6.07, 6.45) is 0.454. The van der Waals surface area contributed by atoms with Gasteiger partial charge in [0.15, 0.2) is 0 Å². The van der Waals surface area contributed by atoms with Crippen molar-refractivity contribution in [2.24, 2.45) is 5.73 Å². The second-order valence-electron chi connectivity index (χ2n) is 3.44. The molecule has 0 spiro atoms. The number of benzene rings is 1. The van der Waals surface area contributed by atoms with Gasteiger partial charge in [0.2, 0.25) is 5.91 Å². The molecule has 1 amide bonds. The number of nitrogens with zero attached hydrogens (tertiary/aromatic N) is 1. The molecule has 1 atom stereocenters. The number of carbonyl (C=O) groups is 1. The van der Waals surface area contributed by atoms with Gasteiger partial charge in [-0.25, -0.2) is 0 Å². The molecule has 0 saturated carbocycles. The van der Waals surface area contributed by atoms with Gasteiger partial charge in [0, 0.05) is 29.2 Å². The first-order valence-corrected chi connectivity index (χ1v) is 5.27. The van der Waals surface area contributed by atoms with Crippen molar-refractivity contribution in [3.8, 4) is 0 Å². The Labute approximate surface area is 103 Å². The Balaban J connectivity index is 0.00000112. The molecule has 0 bridgehead atoms. The van der Waals surface area contributed by atoms with Gasteiger partial charge in [-0.1, -0.05) is 15.9 Å². The van der Waals surface area contributed by atoms with Crippen molar-refractivity contribution < 1.29 is 4.79 Å². The summed E-state index contributed by atoms with van der Waals surface area (Å²) < 4.78 is 1.01. The van der Waals surface area contributed by atoms with Crippen molar-refractivity contribution in [3.05, 3.63) is 28.7 Å². The maximum Gasteiger partial charge on any atom is 0.228 e. The van der Waals surface area contributed by atoms with E-state index in [4.69, 9.17) is 5.73 Å². The summed E-state index contributed by atoms with van der Waals surface area (Å²) in [4.78, 5) is 13.2. The van der Waals surface area contributed by atoms with Crippen LogP contribution < -0.4 is 10.6 Å². The largest absolute Gasteiger partial charge is 0.326 e. The SMILES string of the molecule is Cl.NC1CC(=O)N(c2ccc(Br)cc2)C1. The van der Waals surface area contributed by atoms with Crippen LogP contribution in [0.1, 0.15) is 6.42 Å². The quantitative estimate of drug-likeness (QED) is 0.859. The van der Waals surface area contributed by atoms with Crippen molar-refractivity contribution >= 4 is 39.9 Å². The Kier molecular flexibility index (Phi) is 4.13. The highest BCUT2D eigenvalue weighted by Gasteiger charge is 2.27. The fourth-order valence-corrected chi connectivity index (χ4v) is 1.87. The molecule has 1 aliphatic rings. The average Bonchev–Trinajstić information content (AvgIpc) is 2.47. The summed E-state index contributed by atoms with van der Waals surface area (Å²) in [5.74, 6) is 0.111. The zero-order valence-electron chi connectivity index (χ0n) is 8.02. The van der Waals surface area contributed by atoms with Crippen LogP contribution >= 0.6 is 28.3 Å². The van der Waals surface area contributed by atoms with Gasteiger partial charge < -0.3 is 10.6 Å². The molecule has 1 fully saturated rings. The summed E-state index contributed by atoms with van der Waals surface area (Å²) in [7, 11) is 0. The summed E-state index contributed by atoms with van der Waals surface area (Å²) in [5, 5.41) is 0. The molecule has 0 aromatic heterocycles. The Bertz CT molecular complexity index is 355. The molecule has 1 aromatic carbocycles. The van der Waals surface area contributed by atoms with Gasteiger partial charge >= 0.3 is 0 Å². The molecule has 1 heterocycles. The highest BCUT2D eigenvalue weighted by molar-refractivity contribution is 9.10. The lowest BCUT2D eigenvalue weighted by atomic mass is 10.3. The van der Waals surface area contributed by atoms with Crippen LogP contribution in [0.3, 0.4) is 0 Å². The topological polar surface area (TPSA) is 46.3 Å². The predicted molar refractivity (Wildman–Crippen MR) is 66.3 cm³/mol. The second kappa shape index (κ2) is 4.96. The van der Waals surface area contributed by atoms with Gasteiger partial charge in [0.05, 0.1) is 0 Å². The molecule has 1 unspecified atom stereocenters. The van der Waals surface area contributed by atoms with Crippen molar-refractivity contribution in [2.45, 2.75) is 12.5 Å². The zero-order valence-corrected chi connectivity index (χ0v) is 10.4. The average molecular weight is 292 g/mol. The van der Waals surface area contributed by atoms with Gasteiger partial charge in [-0.2, -0.15) is 0 Å². The van der Waals surface area contributed by atoms with Crippen LogP contribution in [-0.4, -0.2) is 18.5 Å². The number of rotatable bonds is 1. The third-order valence-corrected chi connectivity index (χ3v) is 2.82. The molecule has 1 aliphatic heterocycles. The minimum absolute atomic E-state index is 0. The highest BCUT2D eigenvalue weighted by Crippen LogP contribution is 2.22. The molecule has 15 heavy (non-hydrogen) atoms. The van der Waals surface area contributed by atoms with Crippen LogP contribution in [-0.2, 0) is 4.79 Å². The lowest BCUT2D eigenvalue weighted by Crippen LogP contribution is -2.27. The van der Waals surface area contributed by atoms with E-state index in [1.54, 1.807) is 4.90 Å². The number of carbonyl (C=O) groups excluding carboxylic acids is 1. The summed E-state index contributed by atoms with van der Waals surface area (Å²) in [5.41, 5.74) is 6.63. The van der Waals surface area contributed by atoms with E-state index in [0.717, 1.165) is 10.2 Å². The van der Waals surface area contributed by atoms with Crippen LogP contribution in [0.25, 0.3) is 0 Å². The van der Waals surface area contributed by atoms with E-state index in [2.05, 4.69) is 15.9 Å². The lowest BCUT2D eigenvalue weighted by Gasteiger charge is -2.15. The lowest BCUT2D eigenvalue weighted by molar-refractivity contribution is -0.117. The Hall–Kier alpha value is -0.580. The van der Waals surface area contributed by atoms with E-state index >= 15 is 0 Å². The molecule has 1 aromatic rings. The molecular weight excluding hydrogens is 279 g/mol. The number of halogens is 2. The maximum absolute atomic E-state index is 11.5. The van der Waals surface area contributed by atoms with Crippen LogP contribution in [0.2, 0.25) is 0 Å². The molecule has 0 radical (unpaired) electrons. The first kappa shape index (κ1) is 12.5. The zero-order chi connectivity index (χ0) is 10.1. The third kappa shape index (κ3) is 2.71. The first-order chi connectivity index (χ1) is 6.66. The van der Waals surface area contributed by atoms with Crippen molar-refractivity contribution in [3.63, 3.8) is 0 Å². The number of nitrogens with two attached hydrogens (primary N) is 1. The van der Waals surface area contributed by atoms with Crippen molar-refractivity contribution in [2.75, 3.05) is 11.4 Å². The fourth-order valence-electron chi connectivity index (χ4n) is 1.61. The molecule has 5 heteroatoms. The van der Waals surface area contributed by atoms with Crippen LogP contribution in [0, 0.1) is 0 Å². The van der Waals surface area contributed by atoms with Crippen LogP contribution in [0.4, 0.5) is 5.69 Å². The number of anilines is 1. The normalized spacial score (nSPS) is 20.3. The molecular formula is C10H12BrClN2O. The Morgan fingerprint density at radius 3 is 2.40 bits per heavy atom. The number of hydrogen-bond donors (Lipinski definition) is 1. The van der Waals surface area contributed by atoms with Gasteiger partial charge in [0.1, 0.15) is 0 Å². The van der Waals surface area contributed by atoms with E-state index in [1.807, 2.05) is 24.3 Å². The summed E-state index contributed by atoms with van der Waals surface area (Å²) >= 11 is 3.35. The van der Waals surface area contributed by atoms with Crippen molar-refractivity contribution in [1.29, 1.82) is 0 Å². The minimum atomic E-state index is -0.0221. The molecule has 3 nitrogen and oxygen atoms in total. The summed E-state index contributed by atoms with van der Waals surface area (Å²) in [6.45, 7) is 0.625. The smallest absolute Gasteiger partial charge is 0.228 e. The molecule has 2 N–H and O–H groups in total. The molecule has 82 valence electrons. The standard InChI is InChI=1S/C10H11BrN2O.ClH/c11-7-1-3-9(4-2-7)13-6-8(12)5-10(13)14;/h1-4,8H,5-6,12H2;1H. The van der Waals surface area contributed by atoms with E-state index < -0.39 is 0 Å². The van der Waals surface area contributed by atoms with Gasteiger partial charge in [-0.15, -0.1) is 12.4 Å².